The van der Waals surface area contributed by atoms with Crippen LogP contribution in [-0.2, 0) is 4.79 Å². The molecule has 3 N–H and O–H groups in total. The van der Waals surface area contributed by atoms with Gasteiger partial charge in [0, 0.05) is 18.3 Å². The summed E-state index contributed by atoms with van der Waals surface area (Å²) in [6, 6.07) is 17.0. The summed E-state index contributed by atoms with van der Waals surface area (Å²) in [5.41, 5.74) is 6.69. The van der Waals surface area contributed by atoms with Crippen LogP contribution in [0.5, 0.6) is 11.5 Å². The predicted molar refractivity (Wildman–Crippen MR) is 107 cm³/mol. The number of nitrogens with zero attached hydrogens (tertiary/aromatic N) is 1. The quantitative estimate of drug-likeness (QED) is 0.810. The smallest absolute Gasteiger partial charge is 0.238 e. The Morgan fingerprint density at radius 3 is 2.62 bits per heavy atom. The molecule has 1 aliphatic heterocycles. The van der Waals surface area contributed by atoms with Crippen molar-refractivity contribution in [3.63, 3.8) is 0 Å². The highest BCUT2D eigenvalue weighted by atomic mass is 35.5. The van der Waals surface area contributed by atoms with E-state index in [2.05, 4.69) is 17.1 Å². The number of benzene rings is 2. The number of ether oxygens (including phenoxy) is 1. The number of halogens is 1. The zero-order chi connectivity index (χ0) is 17.7. The average molecular weight is 376 g/mol. The number of para-hydroxylation sites is 1. The van der Waals surface area contributed by atoms with Gasteiger partial charge in [-0.3, -0.25) is 9.69 Å². The van der Waals surface area contributed by atoms with Crippen LogP contribution in [0, 0.1) is 5.41 Å². The normalized spacial score (nSPS) is 19.6. The lowest BCUT2D eigenvalue weighted by Crippen LogP contribution is -2.35. The maximum Gasteiger partial charge on any atom is 0.238 e. The van der Waals surface area contributed by atoms with Crippen LogP contribution in [0.4, 0.5) is 5.69 Å². The fraction of sp³-hybridized carbons (Fsp3) is 0.350. The minimum Gasteiger partial charge on any atom is -0.457 e. The number of hydrogen-bond donors (Lipinski definition) is 2. The lowest BCUT2D eigenvalue weighted by molar-refractivity contribution is -0.117. The third kappa shape index (κ3) is 5.46. The van der Waals surface area contributed by atoms with Crippen molar-refractivity contribution >= 4 is 24.0 Å². The summed E-state index contributed by atoms with van der Waals surface area (Å²) in [6.45, 7) is 5.00. The van der Waals surface area contributed by atoms with Crippen molar-refractivity contribution < 1.29 is 9.53 Å². The van der Waals surface area contributed by atoms with Crippen LogP contribution >= 0.6 is 12.4 Å². The van der Waals surface area contributed by atoms with Gasteiger partial charge >= 0.3 is 0 Å². The fourth-order valence-electron chi connectivity index (χ4n) is 3.09. The molecule has 140 valence electrons. The van der Waals surface area contributed by atoms with Gasteiger partial charge in [0.2, 0.25) is 5.91 Å². The lowest BCUT2D eigenvalue weighted by Gasteiger charge is -2.22. The number of carbonyl (C=O) groups is 1. The zero-order valence-corrected chi connectivity index (χ0v) is 15.8. The minimum absolute atomic E-state index is 0. The Morgan fingerprint density at radius 2 is 1.92 bits per heavy atom. The Balaban J connectivity index is 0.00000243. The van der Waals surface area contributed by atoms with Gasteiger partial charge < -0.3 is 15.8 Å². The number of hydrogen-bond acceptors (Lipinski definition) is 4. The standard InChI is InChI=1S/C20H25N3O2.ClH/c1-20(14-21)10-11-23(15-20)13-19(24)22-16-6-5-9-18(12-16)25-17-7-3-2-4-8-17;/h2-9,12H,10-11,13-15,21H2,1H3,(H,22,24);1H. The van der Waals surface area contributed by atoms with Gasteiger partial charge in [-0.15, -0.1) is 12.4 Å². The maximum absolute atomic E-state index is 12.3. The Kier molecular flexibility index (Phi) is 7.03. The molecule has 0 radical (unpaired) electrons. The van der Waals surface area contributed by atoms with E-state index in [-0.39, 0.29) is 23.7 Å². The molecule has 0 bridgehead atoms. The van der Waals surface area contributed by atoms with Crippen LogP contribution in [-0.4, -0.2) is 37.0 Å². The number of amides is 1. The average Bonchev–Trinajstić information content (AvgIpc) is 2.97. The summed E-state index contributed by atoms with van der Waals surface area (Å²) in [5.74, 6) is 1.45. The Hall–Kier alpha value is -2.08. The first-order chi connectivity index (χ1) is 12.1. The van der Waals surface area contributed by atoms with Crippen LogP contribution < -0.4 is 15.8 Å². The maximum atomic E-state index is 12.3. The predicted octanol–water partition coefficient (Wildman–Crippen LogP) is 3.51. The molecule has 0 spiro atoms. The molecule has 3 rings (SSSR count). The van der Waals surface area contributed by atoms with Crippen LogP contribution in [0.15, 0.2) is 54.6 Å². The van der Waals surface area contributed by atoms with E-state index in [1.807, 2.05) is 54.6 Å². The summed E-state index contributed by atoms with van der Waals surface area (Å²) in [6.07, 6.45) is 1.04. The second kappa shape index (κ2) is 9.03. The van der Waals surface area contributed by atoms with Crippen LogP contribution in [0.25, 0.3) is 0 Å². The number of rotatable bonds is 6. The third-order valence-electron chi connectivity index (χ3n) is 4.59. The first-order valence-electron chi connectivity index (χ1n) is 8.62. The van der Waals surface area contributed by atoms with E-state index in [0.29, 0.717) is 18.8 Å². The molecular formula is C20H26ClN3O2. The van der Waals surface area contributed by atoms with Gasteiger partial charge in [-0.25, -0.2) is 0 Å². The van der Waals surface area contributed by atoms with Crippen LogP contribution in [0.2, 0.25) is 0 Å². The highest BCUT2D eigenvalue weighted by Crippen LogP contribution is 2.28. The van der Waals surface area contributed by atoms with E-state index < -0.39 is 0 Å². The molecule has 1 fully saturated rings. The highest BCUT2D eigenvalue weighted by molar-refractivity contribution is 5.92. The Bertz CT molecular complexity index is 726. The van der Waals surface area contributed by atoms with Crippen LogP contribution in [0.1, 0.15) is 13.3 Å². The number of anilines is 1. The van der Waals surface area contributed by atoms with E-state index >= 15 is 0 Å². The van der Waals surface area contributed by atoms with Gasteiger partial charge in [-0.05, 0) is 49.2 Å². The van der Waals surface area contributed by atoms with Crippen molar-refractivity contribution in [3.8, 4) is 11.5 Å². The second-order valence-corrected chi connectivity index (χ2v) is 6.97. The van der Waals surface area contributed by atoms with Crippen molar-refractivity contribution in [2.75, 3.05) is 31.5 Å². The zero-order valence-electron chi connectivity index (χ0n) is 15.0. The summed E-state index contributed by atoms with van der Waals surface area (Å²) in [4.78, 5) is 14.5. The largest absolute Gasteiger partial charge is 0.457 e. The highest BCUT2D eigenvalue weighted by Gasteiger charge is 2.33. The van der Waals surface area contributed by atoms with Gasteiger partial charge in [-0.1, -0.05) is 31.2 Å². The molecule has 0 saturated carbocycles. The van der Waals surface area contributed by atoms with E-state index in [1.54, 1.807) is 0 Å². The number of carbonyl (C=O) groups excluding carboxylic acids is 1. The molecule has 2 aromatic rings. The van der Waals surface area contributed by atoms with E-state index in [9.17, 15) is 4.79 Å². The van der Waals surface area contributed by atoms with Crippen molar-refractivity contribution in [2.45, 2.75) is 13.3 Å². The topological polar surface area (TPSA) is 67.6 Å². The molecule has 1 atom stereocenters. The van der Waals surface area contributed by atoms with Crippen molar-refractivity contribution in [3.05, 3.63) is 54.6 Å². The van der Waals surface area contributed by atoms with E-state index in [1.165, 1.54) is 0 Å². The SMILES string of the molecule is CC1(CN)CCN(CC(=O)Nc2cccc(Oc3ccccc3)c2)C1.Cl. The van der Waals surface area contributed by atoms with E-state index in [4.69, 9.17) is 10.5 Å². The van der Waals surface area contributed by atoms with E-state index in [0.717, 1.165) is 30.9 Å². The molecule has 1 unspecified atom stereocenters. The summed E-state index contributed by atoms with van der Waals surface area (Å²) >= 11 is 0. The molecule has 0 aromatic heterocycles. The summed E-state index contributed by atoms with van der Waals surface area (Å²) in [5, 5.41) is 2.95. The lowest BCUT2D eigenvalue weighted by atomic mass is 9.90. The van der Waals surface area contributed by atoms with Crippen molar-refractivity contribution in [1.29, 1.82) is 0 Å². The third-order valence-corrected chi connectivity index (χ3v) is 4.59. The molecule has 2 aromatic carbocycles. The first kappa shape index (κ1) is 20.2. The number of nitrogens with one attached hydrogen (secondary N) is 1. The van der Waals surface area contributed by atoms with Gasteiger partial charge in [0.15, 0.2) is 0 Å². The molecule has 1 heterocycles. The van der Waals surface area contributed by atoms with Crippen molar-refractivity contribution in [2.24, 2.45) is 11.1 Å². The molecule has 0 aliphatic carbocycles. The summed E-state index contributed by atoms with van der Waals surface area (Å²) < 4.78 is 5.80. The van der Waals surface area contributed by atoms with Gasteiger partial charge in [0.1, 0.15) is 11.5 Å². The molecule has 1 saturated heterocycles. The van der Waals surface area contributed by atoms with Crippen molar-refractivity contribution in [1.82, 2.24) is 4.90 Å². The number of nitrogens with two attached hydrogens (primary N) is 1. The molecular weight excluding hydrogens is 350 g/mol. The molecule has 1 aliphatic rings. The minimum atomic E-state index is -0.0156. The molecule has 5 nitrogen and oxygen atoms in total. The first-order valence-corrected chi connectivity index (χ1v) is 8.62. The van der Waals surface area contributed by atoms with Gasteiger partial charge in [0.25, 0.3) is 0 Å². The molecule has 6 heteroatoms. The second-order valence-electron chi connectivity index (χ2n) is 6.97. The summed E-state index contributed by atoms with van der Waals surface area (Å²) in [7, 11) is 0. The van der Waals surface area contributed by atoms with Gasteiger partial charge in [-0.2, -0.15) is 0 Å². The molecule has 26 heavy (non-hydrogen) atoms. The van der Waals surface area contributed by atoms with Crippen LogP contribution in [0.3, 0.4) is 0 Å². The fourth-order valence-corrected chi connectivity index (χ4v) is 3.09. The van der Waals surface area contributed by atoms with Gasteiger partial charge in [0.05, 0.1) is 6.54 Å². The monoisotopic (exact) mass is 375 g/mol. The Morgan fingerprint density at radius 1 is 1.19 bits per heavy atom. The number of likely N-dealkylation sites (tertiary alicyclic amines) is 1. The Labute approximate surface area is 160 Å². The molecule has 1 amide bonds.